The van der Waals surface area contributed by atoms with Gasteiger partial charge in [-0.25, -0.2) is 0 Å². The van der Waals surface area contributed by atoms with Crippen LogP contribution in [0.2, 0.25) is 0 Å². The maximum absolute atomic E-state index is 2.44. The monoisotopic (exact) mass is 194 g/mol. The molecule has 1 unspecified atom stereocenters. The fraction of sp³-hybridized carbons (Fsp3) is 1.00. The quantitative estimate of drug-likeness (QED) is 0.527. The maximum Gasteiger partial charge on any atom is -0.0354 e. The van der Waals surface area contributed by atoms with E-state index in [0.717, 1.165) is 17.8 Å². The fourth-order valence-corrected chi connectivity index (χ4v) is 3.61. The number of rotatable bonds is 0. The van der Waals surface area contributed by atoms with Crippen molar-refractivity contribution in [3.8, 4) is 0 Å². The summed E-state index contributed by atoms with van der Waals surface area (Å²) in [5, 5.41) is 0. The average Bonchev–Trinajstić information content (AvgIpc) is 2.25. The normalized spacial score (nSPS) is 39.2. The van der Waals surface area contributed by atoms with Crippen molar-refractivity contribution in [1.29, 1.82) is 0 Å². The third-order valence-corrected chi connectivity index (χ3v) is 4.60. The third-order valence-electron chi connectivity index (χ3n) is 4.60. The van der Waals surface area contributed by atoms with Crippen LogP contribution in [0.25, 0.3) is 0 Å². The van der Waals surface area contributed by atoms with E-state index in [2.05, 4.69) is 20.8 Å². The van der Waals surface area contributed by atoms with Gasteiger partial charge in [0.25, 0.3) is 0 Å². The molecule has 2 aliphatic carbocycles. The summed E-state index contributed by atoms with van der Waals surface area (Å²) in [7, 11) is 0. The van der Waals surface area contributed by atoms with Crippen LogP contribution in [0.15, 0.2) is 0 Å². The predicted octanol–water partition coefficient (Wildman–Crippen LogP) is 4.64. The molecule has 0 heteroatoms. The lowest BCUT2D eigenvalue weighted by Crippen LogP contribution is -2.30. The van der Waals surface area contributed by atoms with Crippen LogP contribution in [0.5, 0.6) is 0 Å². The first-order valence-corrected chi connectivity index (χ1v) is 6.55. The van der Waals surface area contributed by atoms with Gasteiger partial charge in [0.1, 0.15) is 0 Å². The second kappa shape index (κ2) is 3.87. The lowest BCUT2D eigenvalue weighted by molar-refractivity contribution is 0.104. The molecule has 2 bridgehead atoms. The molecule has 0 N–H and O–H groups in total. The number of hydrogen-bond donors (Lipinski definition) is 0. The molecule has 0 radical (unpaired) electrons. The van der Waals surface area contributed by atoms with E-state index < -0.39 is 0 Å². The van der Waals surface area contributed by atoms with Crippen LogP contribution < -0.4 is 0 Å². The topological polar surface area (TPSA) is 0 Å². The zero-order chi connectivity index (χ0) is 10.2. The molecule has 0 saturated heterocycles. The first-order chi connectivity index (χ1) is 6.55. The summed E-state index contributed by atoms with van der Waals surface area (Å²) in [6, 6.07) is 0. The zero-order valence-corrected chi connectivity index (χ0v) is 10.2. The molecule has 14 heavy (non-hydrogen) atoms. The van der Waals surface area contributed by atoms with Gasteiger partial charge in [0.15, 0.2) is 0 Å². The van der Waals surface area contributed by atoms with Crippen molar-refractivity contribution in [3.63, 3.8) is 0 Å². The highest BCUT2D eigenvalue weighted by atomic mass is 14.4. The molecule has 2 fully saturated rings. The average molecular weight is 194 g/mol. The second-order valence-electron chi connectivity index (χ2n) is 6.79. The van der Waals surface area contributed by atoms with Crippen molar-refractivity contribution in [1.82, 2.24) is 0 Å². The summed E-state index contributed by atoms with van der Waals surface area (Å²) < 4.78 is 0. The minimum Gasteiger partial charge on any atom is -0.0599 e. The molecular weight excluding hydrogens is 168 g/mol. The molecule has 3 atom stereocenters. The highest BCUT2D eigenvalue weighted by molar-refractivity contribution is 4.86. The van der Waals surface area contributed by atoms with Crippen molar-refractivity contribution in [2.75, 3.05) is 0 Å². The standard InChI is InChI=1S/C14H26/c1-14(2,3)13-9-11-6-4-5-7-12(8-11)10-13/h11-13H,4-10H2,1-3H3/t11-,12+,13?. The van der Waals surface area contributed by atoms with E-state index in [-0.39, 0.29) is 0 Å². The van der Waals surface area contributed by atoms with Crippen LogP contribution in [0.3, 0.4) is 0 Å². The van der Waals surface area contributed by atoms with Crippen molar-refractivity contribution < 1.29 is 0 Å². The summed E-state index contributed by atoms with van der Waals surface area (Å²) in [6.45, 7) is 7.32. The Labute approximate surface area is 89.5 Å². The Bertz CT molecular complexity index is 173. The van der Waals surface area contributed by atoms with Gasteiger partial charge in [-0.2, -0.15) is 0 Å². The lowest BCUT2D eigenvalue weighted by Gasteiger charge is -2.40. The SMILES string of the molecule is CC(C)(C)C1C[C@H]2CCCC[C@@H](C1)C2. The highest BCUT2D eigenvalue weighted by Gasteiger charge is 2.35. The van der Waals surface area contributed by atoms with Crippen molar-refractivity contribution >= 4 is 0 Å². The molecule has 0 heterocycles. The van der Waals surface area contributed by atoms with Gasteiger partial charge < -0.3 is 0 Å². The van der Waals surface area contributed by atoms with Crippen LogP contribution in [0.4, 0.5) is 0 Å². The summed E-state index contributed by atoms with van der Waals surface area (Å²) in [5.41, 5.74) is 0.557. The zero-order valence-electron chi connectivity index (χ0n) is 10.2. The minimum atomic E-state index is 0.557. The Morgan fingerprint density at radius 3 is 1.71 bits per heavy atom. The molecule has 0 aliphatic heterocycles. The van der Waals surface area contributed by atoms with E-state index in [9.17, 15) is 0 Å². The molecule has 0 aromatic carbocycles. The molecule has 0 amide bonds. The van der Waals surface area contributed by atoms with Gasteiger partial charge in [-0.15, -0.1) is 0 Å². The Morgan fingerprint density at radius 1 is 0.786 bits per heavy atom. The molecule has 82 valence electrons. The van der Waals surface area contributed by atoms with Gasteiger partial charge in [-0.3, -0.25) is 0 Å². The molecular formula is C14H26. The molecule has 2 aliphatic rings. The summed E-state index contributed by atoms with van der Waals surface area (Å²) >= 11 is 0. The van der Waals surface area contributed by atoms with Gasteiger partial charge in [0.05, 0.1) is 0 Å². The summed E-state index contributed by atoms with van der Waals surface area (Å²) in [5.74, 6) is 3.17. The van der Waals surface area contributed by atoms with Crippen molar-refractivity contribution in [2.24, 2.45) is 23.2 Å². The van der Waals surface area contributed by atoms with Crippen LogP contribution in [-0.2, 0) is 0 Å². The van der Waals surface area contributed by atoms with Crippen LogP contribution in [-0.4, -0.2) is 0 Å². The van der Waals surface area contributed by atoms with Crippen LogP contribution >= 0.6 is 0 Å². The van der Waals surface area contributed by atoms with E-state index in [1.165, 1.54) is 38.5 Å². The minimum absolute atomic E-state index is 0.557. The van der Waals surface area contributed by atoms with Gasteiger partial charge in [-0.1, -0.05) is 46.5 Å². The third kappa shape index (κ3) is 2.32. The molecule has 0 aromatic rings. The summed E-state index contributed by atoms with van der Waals surface area (Å²) in [4.78, 5) is 0. The molecule has 2 rings (SSSR count). The molecule has 0 spiro atoms. The maximum atomic E-state index is 2.44. The van der Waals surface area contributed by atoms with Gasteiger partial charge in [0, 0.05) is 0 Å². The molecule has 0 nitrogen and oxygen atoms in total. The molecule has 2 saturated carbocycles. The smallest absolute Gasteiger partial charge is 0.0354 e. The van der Waals surface area contributed by atoms with Crippen molar-refractivity contribution in [2.45, 2.75) is 65.7 Å². The highest BCUT2D eigenvalue weighted by Crippen LogP contribution is 2.47. The van der Waals surface area contributed by atoms with E-state index in [1.54, 1.807) is 6.42 Å². The molecule has 0 aromatic heterocycles. The Balaban J connectivity index is 2.03. The predicted molar refractivity (Wildman–Crippen MR) is 62.2 cm³/mol. The Hall–Kier alpha value is 0. The summed E-state index contributed by atoms with van der Waals surface area (Å²) in [6.07, 6.45) is 10.7. The van der Waals surface area contributed by atoms with Gasteiger partial charge in [0.2, 0.25) is 0 Å². The van der Waals surface area contributed by atoms with E-state index in [0.29, 0.717) is 5.41 Å². The first kappa shape index (κ1) is 10.5. The number of fused-ring (bicyclic) bond motifs is 2. The first-order valence-electron chi connectivity index (χ1n) is 6.55. The van der Waals surface area contributed by atoms with E-state index in [4.69, 9.17) is 0 Å². The van der Waals surface area contributed by atoms with E-state index in [1.807, 2.05) is 0 Å². The fourth-order valence-electron chi connectivity index (χ4n) is 3.61. The number of hydrogen-bond acceptors (Lipinski definition) is 0. The van der Waals surface area contributed by atoms with Gasteiger partial charge >= 0.3 is 0 Å². The van der Waals surface area contributed by atoms with Crippen LogP contribution in [0.1, 0.15) is 65.7 Å². The largest absolute Gasteiger partial charge is 0.0599 e. The Kier molecular flexibility index (Phi) is 2.91. The van der Waals surface area contributed by atoms with Crippen molar-refractivity contribution in [3.05, 3.63) is 0 Å². The Morgan fingerprint density at radius 2 is 1.29 bits per heavy atom. The lowest BCUT2D eigenvalue weighted by atomic mass is 9.65. The second-order valence-corrected chi connectivity index (χ2v) is 6.79. The van der Waals surface area contributed by atoms with Gasteiger partial charge in [-0.05, 0) is 42.4 Å². The van der Waals surface area contributed by atoms with Crippen LogP contribution in [0, 0.1) is 23.2 Å². The van der Waals surface area contributed by atoms with E-state index >= 15 is 0 Å².